The van der Waals surface area contributed by atoms with Crippen molar-refractivity contribution in [1.29, 1.82) is 0 Å². The Morgan fingerprint density at radius 3 is 0.946 bits per heavy atom. The molecule has 1 heteroatoms. The number of benzene rings is 6. The van der Waals surface area contributed by atoms with Gasteiger partial charge in [0.25, 0.3) is 0 Å². The molecule has 6 aromatic carbocycles. The molecular weight excluding hydrogens is 463 g/mol. The second kappa shape index (κ2) is 9.66. The van der Waals surface area contributed by atoms with Crippen LogP contribution in [0.2, 0.25) is 0 Å². The van der Waals surface area contributed by atoms with Crippen LogP contribution in [0.4, 0.5) is 0 Å². The molecule has 37 heavy (non-hydrogen) atoms. The Bertz CT molecular complexity index is 1420. The number of rotatable bonds is 6. The van der Waals surface area contributed by atoms with Crippen molar-refractivity contribution < 1.29 is 0 Å². The molecule has 0 fully saturated rings. The van der Waals surface area contributed by atoms with Gasteiger partial charge in [-0.2, -0.15) is 0 Å². The van der Waals surface area contributed by atoms with Crippen molar-refractivity contribution in [2.24, 2.45) is 0 Å². The fraction of sp³-hybridized carbons (Fsp3) is 0. The molecule has 0 radical (unpaired) electrons. The minimum absolute atomic E-state index is 1.23. The molecule has 0 N–H and O–H groups in total. The van der Waals surface area contributed by atoms with Crippen LogP contribution in [-0.2, 0) is 0 Å². The zero-order valence-electron chi connectivity index (χ0n) is 20.7. The van der Waals surface area contributed by atoms with Gasteiger partial charge in [-0.15, -0.1) is 0 Å². The van der Waals surface area contributed by atoms with Crippen molar-refractivity contribution in [3.63, 3.8) is 0 Å². The Hall–Kier alpha value is -4.25. The van der Waals surface area contributed by atoms with Gasteiger partial charge in [-0.1, -0.05) is 0 Å². The van der Waals surface area contributed by atoms with Gasteiger partial charge in [0, 0.05) is 0 Å². The fourth-order valence-corrected chi connectivity index (χ4v) is 13.1. The first kappa shape index (κ1) is 23.2. The molecule has 0 nitrogen and oxygen atoms in total. The number of hydrogen-bond acceptors (Lipinski definition) is 0. The zero-order chi connectivity index (χ0) is 25.0. The van der Waals surface area contributed by atoms with Crippen LogP contribution in [-0.4, -0.2) is 0 Å². The van der Waals surface area contributed by atoms with E-state index in [-0.39, 0.29) is 0 Å². The molecular formula is C36H29P. The van der Waals surface area contributed by atoms with Gasteiger partial charge in [0.15, 0.2) is 0 Å². The molecule has 0 saturated heterocycles. The van der Waals surface area contributed by atoms with Crippen molar-refractivity contribution >= 4 is 33.1 Å². The van der Waals surface area contributed by atoms with Crippen LogP contribution in [0.3, 0.4) is 0 Å². The normalized spacial score (nSPS) is 12.4. The predicted octanol–water partition coefficient (Wildman–Crippen LogP) is 6.83. The third-order valence-electron chi connectivity index (χ3n) is 7.56. The maximum atomic E-state index is 2.38. The summed E-state index contributed by atoms with van der Waals surface area (Å²) in [5.74, 6) is 0. The zero-order valence-corrected chi connectivity index (χ0v) is 21.6. The molecule has 0 aliphatic carbocycles. The summed E-state index contributed by atoms with van der Waals surface area (Å²) in [6, 6.07) is 64.6. The molecule has 0 saturated carbocycles. The van der Waals surface area contributed by atoms with Crippen LogP contribution in [0.5, 0.6) is 0 Å². The molecule has 0 spiro atoms. The second-order valence-corrected chi connectivity index (χ2v) is 14.1. The van der Waals surface area contributed by atoms with E-state index in [1.165, 1.54) is 37.6 Å². The fourth-order valence-electron chi connectivity index (χ4n) is 6.08. The first-order valence-corrected chi connectivity index (χ1v) is 15.0. The molecule has 0 atom stereocenters. The Kier molecular flexibility index (Phi) is 6.05. The van der Waals surface area contributed by atoms with Crippen LogP contribution in [0, 0.1) is 0 Å². The van der Waals surface area contributed by atoms with E-state index in [9.17, 15) is 0 Å². The molecule has 6 aromatic rings. The predicted molar refractivity (Wildman–Crippen MR) is 163 cm³/mol. The van der Waals surface area contributed by atoms with E-state index >= 15 is 0 Å². The van der Waals surface area contributed by atoms with Crippen molar-refractivity contribution in [3.8, 4) is 11.1 Å². The van der Waals surface area contributed by atoms with E-state index in [0.717, 1.165) is 0 Å². The molecule has 178 valence electrons. The summed E-state index contributed by atoms with van der Waals surface area (Å²) in [4.78, 5) is 0. The molecule has 0 bridgehead atoms. The van der Waals surface area contributed by atoms with Gasteiger partial charge in [0.05, 0.1) is 0 Å². The Balaban J connectivity index is 1.96. The van der Waals surface area contributed by atoms with Gasteiger partial charge in [-0.05, 0) is 0 Å². The van der Waals surface area contributed by atoms with Gasteiger partial charge >= 0.3 is 220 Å². The molecule has 0 aliphatic heterocycles. The van der Waals surface area contributed by atoms with Crippen molar-refractivity contribution in [1.82, 2.24) is 0 Å². The summed E-state index contributed by atoms with van der Waals surface area (Å²) < 4.78 is 0. The van der Waals surface area contributed by atoms with Crippen molar-refractivity contribution in [2.45, 2.75) is 0 Å². The van der Waals surface area contributed by atoms with E-state index in [4.69, 9.17) is 0 Å². The Labute approximate surface area is 219 Å². The van der Waals surface area contributed by atoms with Gasteiger partial charge in [-0.25, -0.2) is 0 Å². The molecule has 0 amide bonds. The first-order chi connectivity index (χ1) is 18.4. The maximum absolute atomic E-state index is 3.50. The van der Waals surface area contributed by atoms with Crippen LogP contribution in [0.1, 0.15) is 0 Å². The van der Waals surface area contributed by atoms with E-state index in [1.54, 1.807) is 0 Å². The van der Waals surface area contributed by atoms with Crippen LogP contribution >= 0.6 is 6.60 Å². The molecule has 0 aromatic heterocycles. The molecule has 0 aliphatic rings. The average molecular weight is 493 g/mol. The Morgan fingerprint density at radius 2 is 0.568 bits per heavy atom. The quantitative estimate of drug-likeness (QED) is 0.224. The standard InChI is InChI=1S/C36H29P/c1-6-18-30(19-7-1)35-28-16-17-29-36(35)37(31-20-8-2-9-21-31,32-22-10-3-11-23-32,33-24-12-4-13-25-33)34-26-14-5-15-27-34/h1-29H. The number of hydrogen-bond donors (Lipinski definition) is 0. The van der Waals surface area contributed by atoms with Crippen LogP contribution in [0.25, 0.3) is 11.1 Å². The van der Waals surface area contributed by atoms with Crippen molar-refractivity contribution in [2.75, 3.05) is 0 Å². The van der Waals surface area contributed by atoms with Gasteiger partial charge in [0.1, 0.15) is 0 Å². The second-order valence-electron chi connectivity index (χ2n) is 9.34. The van der Waals surface area contributed by atoms with Gasteiger partial charge in [0.2, 0.25) is 0 Å². The molecule has 0 unspecified atom stereocenters. The van der Waals surface area contributed by atoms with Gasteiger partial charge in [-0.3, -0.25) is 0 Å². The SMILES string of the molecule is c1ccc(-c2ccccc2P(c2ccccc2)(c2ccccc2)(c2ccccc2)c2ccccc2)cc1. The topological polar surface area (TPSA) is 0 Å². The monoisotopic (exact) mass is 492 g/mol. The Morgan fingerprint density at radius 1 is 0.270 bits per heavy atom. The molecule has 6 rings (SSSR count). The summed E-state index contributed by atoms with van der Waals surface area (Å²) in [5, 5.41) is 6.69. The minimum atomic E-state index is -3.50. The van der Waals surface area contributed by atoms with E-state index in [1.807, 2.05) is 0 Å². The van der Waals surface area contributed by atoms with E-state index < -0.39 is 6.60 Å². The van der Waals surface area contributed by atoms with Crippen molar-refractivity contribution in [3.05, 3.63) is 176 Å². The first-order valence-electron chi connectivity index (χ1n) is 12.7. The van der Waals surface area contributed by atoms with Gasteiger partial charge < -0.3 is 0 Å². The third kappa shape index (κ3) is 3.41. The third-order valence-corrected chi connectivity index (χ3v) is 14.2. The summed E-state index contributed by atoms with van der Waals surface area (Å²) in [6.07, 6.45) is 0. The van der Waals surface area contributed by atoms with E-state index in [2.05, 4.69) is 176 Å². The van der Waals surface area contributed by atoms with Crippen LogP contribution in [0.15, 0.2) is 176 Å². The molecule has 0 heterocycles. The summed E-state index contributed by atoms with van der Waals surface area (Å²) >= 11 is 0. The summed E-state index contributed by atoms with van der Waals surface area (Å²) in [5.41, 5.74) is 2.49. The average Bonchev–Trinajstić information content (AvgIpc) is 3.01. The summed E-state index contributed by atoms with van der Waals surface area (Å²) in [7, 11) is 0. The van der Waals surface area contributed by atoms with Crippen LogP contribution < -0.4 is 26.5 Å². The summed E-state index contributed by atoms with van der Waals surface area (Å²) in [6.45, 7) is -3.50. The van der Waals surface area contributed by atoms with E-state index in [0.29, 0.717) is 0 Å².